The molecule has 0 unspecified atom stereocenters. The molecular formula is C6H14O3S. The summed E-state index contributed by atoms with van der Waals surface area (Å²) < 4.78 is 21.1. The Kier molecular flexibility index (Phi) is 2.86. The van der Waals surface area contributed by atoms with Gasteiger partial charge >= 0.3 is 0 Å². The lowest BCUT2D eigenvalue weighted by Crippen LogP contribution is -2.31. The van der Waals surface area contributed by atoms with Crippen molar-refractivity contribution in [1.82, 2.24) is 0 Å². The fourth-order valence-corrected chi connectivity index (χ4v) is 0.917. The van der Waals surface area contributed by atoms with Gasteiger partial charge in [0.25, 0.3) is 0 Å². The first kappa shape index (κ1) is 9.91. The molecule has 0 aromatic carbocycles. The molecule has 0 radical (unpaired) electrons. The Bertz CT molecular complexity index is 191. The van der Waals surface area contributed by atoms with Gasteiger partial charge in [-0.1, -0.05) is 0 Å². The predicted octanol–water partition coefficient (Wildman–Crippen LogP) is 0.192. The number of rotatable bonds is 3. The predicted molar refractivity (Wildman–Crippen MR) is 40.6 cm³/mol. The van der Waals surface area contributed by atoms with Gasteiger partial charge in [-0.2, -0.15) is 0 Å². The maximum absolute atomic E-state index is 10.9. The summed E-state index contributed by atoms with van der Waals surface area (Å²) >= 11 is 0. The van der Waals surface area contributed by atoms with Gasteiger partial charge in [-0.05, 0) is 20.3 Å². The van der Waals surface area contributed by atoms with Crippen LogP contribution in [0, 0.1) is 0 Å². The second kappa shape index (κ2) is 2.88. The fraction of sp³-hybridized carbons (Fsp3) is 1.00. The molecule has 0 saturated carbocycles. The Hall–Kier alpha value is -0.0900. The second-order valence-electron chi connectivity index (χ2n) is 3.01. The lowest BCUT2D eigenvalue weighted by molar-refractivity contribution is 0.272. The van der Waals surface area contributed by atoms with Crippen LogP contribution in [0.4, 0.5) is 0 Å². The molecule has 0 spiro atoms. The summed E-state index contributed by atoms with van der Waals surface area (Å²) in [7, 11) is -3.02. The molecule has 0 heterocycles. The lowest BCUT2D eigenvalue weighted by atomic mass is 10.1. The highest BCUT2D eigenvalue weighted by Gasteiger charge is 2.28. The number of aliphatic hydroxyl groups excluding tert-OH is 1. The van der Waals surface area contributed by atoms with Crippen LogP contribution in [0.2, 0.25) is 0 Å². The van der Waals surface area contributed by atoms with Crippen LogP contribution in [0.25, 0.3) is 0 Å². The van der Waals surface area contributed by atoms with Crippen molar-refractivity contribution in [2.24, 2.45) is 0 Å². The zero-order chi connectivity index (χ0) is 8.41. The van der Waals surface area contributed by atoms with Crippen molar-refractivity contribution in [2.45, 2.75) is 25.0 Å². The van der Waals surface area contributed by atoms with Gasteiger partial charge in [0, 0.05) is 12.9 Å². The van der Waals surface area contributed by atoms with Crippen molar-refractivity contribution >= 4 is 9.84 Å². The van der Waals surface area contributed by atoms with Gasteiger partial charge in [0.05, 0.1) is 4.75 Å². The van der Waals surface area contributed by atoms with E-state index < -0.39 is 14.6 Å². The average molecular weight is 166 g/mol. The van der Waals surface area contributed by atoms with Gasteiger partial charge in [-0.25, -0.2) is 8.42 Å². The van der Waals surface area contributed by atoms with E-state index in [-0.39, 0.29) is 6.61 Å². The molecule has 3 nitrogen and oxygen atoms in total. The van der Waals surface area contributed by atoms with E-state index in [0.29, 0.717) is 6.42 Å². The molecule has 0 aliphatic rings. The van der Waals surface area contributed by atoms with Gasteiger partial charge in [-0.3, -0.25) is 0 Å². The summed E-state index contributed by atoms with van der Waals surface area (Å²) in [5, 5.41) is 8.50. The van der Waals surface area contributed by atoms with Gasteiger partial charge < -0.3 is 5.11 Å². The van der Waals surface area contributed by atoms with E-state index in [9.17, 15) is 8.42 Å². The van der Waals surface area contributed by atoms with Crippen LogP contribution in [0.1, 0.15) is 20.3 Å². The third-order valence-corrected chi connectivity index (χ3v) is 3.93. The van der Waals surface area contributed by atoms with Crippen LogP contribution in [0.5, 0.6) is 0 Å². The maximum Gasteiger partial charge on any atom is 0.152 e. The van der Waals surface area contributed by atoms with Crippen molar-refractivity contribution in [3.63, 3.8) is 0 Å². The number of sulfone groups is 1. The first-order valence-electron chi connectivity index (χ1n) is 3.12. The molecule has 0 aliphatic heterocycles. The van der Waals surface area contributed by atoms with Crippen LogP contribution in [-0.4, -0.2) is 31.1 Å². The van der Waals surface area contributed by atoms with E-state index >= 15 is 0 Å². The third kappa shape index (κ3) is 2.27. The quantitative estimate of drug-likeness (QED) is 0.651. The minimum atomic E-state index is -3.02. The number of aliphatic hydroxyl groups is 1. The summed E-state index contributed by atoms with van der Waals surface area (Å²) in [6.45, 7) is 3.14. The topological polar surface area (TPSA) is 54.4 Å². The normalized spacial score (nSPS) is 13.6. The Labute approximate surface area is 62.0 Å². The molecule has 0 aromatic heterocycles. The summed E-state index contributed by atoms with van der Waals surface area (Å²) in [5.74, 6) is 0. The zero-order valence-electron chi connectivity index (χ0n) is 6.59. The molecule has 0 rings (SSSR count). The standard InChI is InChI=1S/C6H14O3S/c1-6(2,4-5-7)10(3,8)9/h7H,4-5H2,1-3H3. The highest BCUT2D eigenvalue weighted by Crippen LogP contribution is 2.18. The minimum Gasteiger partial charge on any atom is -0.396 e. The van der Waals surface area contributed by atoms with Crippen LogP contribution < -0.4 is 0 Å². The maximum atomic E-state index is 10.9. The zero-order valence-corrected chi connectivity index (χ0v) is 7.40. The Morgan fingerprint density at radius 3 is 1.90 bits per heavy atom. The largest absolute Gasteiger partial charge is 0.396 e. The molecule has 0 bridgehead atoms. The SMILES string of the molecule is CC(C)(CCO)S(C)(=O)=O. The van der Waals surface area contributed by atoms with Crippen molar-refractivity contribution in [3.05, 3.63) is 0 Å². The average Bonchev–Trinajstić information content (AvgIpc) is 1.61. The Morgan fingerprint density at radius 1 is 1.40 bits per heavy atom. The van der Waals surface area contributed by atoms with E-state index in [4.69, 9.17) is 5.11 Å². The highest BCUT2D eigenvalue weighted by molar-refractivity contribution is 7.92. The molecule has 62 valence electrons. The molecule has 0 atom stereocenters. The van der Waals surface area contributed by atoms with Crippen molar-refractivity contribution < 1.29 is 13.5 Å². The number of hydrogen-bond acceptors (Lipinski definition) is 3. The molecule has 0 fully saturated rings. The third-order valence-electron chi connectivity index (χ3n) is 1.72. The van der Waals surface area contributed by atoms with Crippen molar-refractivity contribution in [3.8, 4) is 0 Å². The van der Waals surface area contributed by atoms with Gasteiger partial charge in [0.15, 0.2) is 9.84 Å². The second-order valence-corrected chi connectivity index (χ2v) is 5.65. The monoisotopic (exact) mass is 166 g/mol. The summed E-state index contributed by atoms with van der Waals surface area (Å²) in [6, 6.07) is 0. The summed E-state index contributed by atoms with van der Waals surface area (Å²) in [5.41, 5.74) is 0. The van der Waals surface area contributed by atoms with E-state index in [0.717, 1.165) is 0 Å². The first-order valence-corrected chi connectivity index (χ1v) is 5.01. The highest BCUT2D eigenvalue weighted by atomic mass is 32.2. The van der Waals surface area contributed by atoms with Crippen LogP contribution in [-0.2, 0) is 9.84 Å². The molecule has 4 heteroatoms. The summed E-state index contributed by atoms with van der Waals surface area (Å²) in [6.07, 6.45) is 1.48. The van der Waals surface area contributed by atoms with Crippen LogP contribution in [0.3, 0.4) is 0 Å². The minimum absolute atomic E-state index is 0.0833. The van der Waals surface area contributed by atoms with Gasteiger partial charge in [0.2, 0.25) is 0 Å². The van der Waals surface area contributed by atoms with Crippen molar-refractivity contribution in [2.75, 3.05) is 12.9 Å². The van der Waals surface area contributed by atoms with E-state index in [1.807, 2.05) is 0 Å². The smallest absolute Gasteiger partial charge is 0.152 e. The molecular weight excluding hydrogens is 152 g/mol. The van der Waals surface area contributed by atoms with Gasteiger partial charge in [0.1, 0.15) is 0 Å². The molecule has 0 aliphatic carbocycles. The Morgan fingerprint density at radius 2 is 1.80 bits per heavy atom. The Balaban J connectivity index is 4.42. The molecule has 0 saturated heterocycles. The van der Waals surface area contributed by atoms with Gasteiger partial charge in [-0.15, -0.1) is 0 Å². The molecule has 10 heavy (non-hydrogen) atoms. The van der Waals surface area contributed by atoms with Crippen LogP contribution >= 0.6 is 0 Å². The fourth-order valence-electron chi connectivity index (χ4n) is 0.455. The van der Waals surface area contributed by atoms with E-state index in [2.05, 4.69) is 0 Å². The molecule has 1 N–H and O–H groups in total. The van der Waals surface area contributed by atoms with Crippen LogP contribution in [0.15, 0.2) is 0 Å². The lowest BCUT2D eigenvalue weighted by Gasteiger charge is -2.20. The molecule has 0 amide bonds. The van der Waals surface area contributed by atoms with E-state index in [1.54, 1.807) is 13.8 Å². The number of hydrogen-bond donors (Lipinski definition) is 1. The van der Waals surface area contributed by atoms with Crippen molar-refractivity contribution in [1.29, 1.82) is 0 Å². The first-order chi connectivity index (χ1) is 4.31. The van der Waals surface area contributed by atoms with E-state index in [1.165, 1.54) is 6.26 Å². The molecule has 0 aromatic rings. The summed E-state index contributed by atoms with van der Waals surface area (Å²) in [4.78, 5) is 0.